The topological polar surface area (TPSA) is 51.0 Å². The minimum Gasteiger partial charge on any atom is -0.339 e. The molecule has 0 amide bonds. The molecule has 1 aromatic heterocycles. The van der Waals surface area contributed by atoms with Gasteiger partial charge in [0.2, 0.25) is 5.89 Å². The average molecular weight is 237 g/mol. The summed E-state index contributed by atoms with van der Waals surface area (Å²) in [6.07, 6.45) is 6.66. The van der Waals surface area contributed by atoms with Crippen LogP contribution >= 0.6 is 0 Å². The molecule has 17 heavy (non-hydrogen) atoms. The Kier molecular flexibility index (Phi) is 4.15. The van der Waals surface area contributed by atoms with E-state index in [1.165, 1.54) is 12.8 Å². The van der Waals surface area contributed by atoms with Gasteiger partial charge in [0.1, 0.15) is 0 Å². The fourth-order valence-electron chi connectivity index (χ4n) is 2.51. The van der Waals surface area contributed by atoms with Gasteiger partial charge in [-0.1, -0.05) is 25.4 Å². The Bertz CT molecular complexity index is 342. The van der Waals surface area contributed by atoms with Crippen LogP contribution < -0.4 is 5.32 Å². The van der Waals surface area contributed by atoms with Gasteiger partial charge in [0.15, 0.2) is 5.82 Å². The molecule has 0 aromatic carbocycles. The van der Waals surface area contributed by atoms with E-state index in [0.717, 1.165) is 50.5 Å². The van der Waals surface area contributed by atoms with E-state index >= 15 is 0 Å². The van der Waals surface area contributed by atoms with Gasteiger partial charge in [0.25, 0.3) is 0 Å². The first-order valence-electron chi connectivity index (χ1n) is 6.84. The number of hydrogen-bond donors (Lipinski definition) is 1. The van der Waals surface area contributed by atoms with E-state index in [1.54, 1.807) is 0 Å². The molecule has 1 fully saturated rings. The van der Waals surface area contributed by atoms with Crippen molar-refractivity contribution in [3.05, 3.63) is 11.7 Å². The van der Waals surface area contributed by atoms with Crippen LogP contribution in [-0.2, 0) is 11.8 Å². The van der Waals surface area contributed by atoms with E-state index in [1.807, 2.05) is 0 Å². The number of hydrogen-bond acceptors (Lipinski definition) is 4. The van der Waals surface area contributed by atoms with Crippen LogP contribution in [0.2, 0.25) is 0 Å². The number of aryl methyl sites for hydroxylation is 1. The van der Waals surface area contributed by atoms with Crippen LogP contribution in [-0.4, -0.2) is 23.2 Å². The van der Waals surface area contributed by atoms with Gasteiger partial charge in [-0.15, -0.1) is 0 Å². The summed E-state index contributed by atoms with van der Waals surface area (Å²) in [6.45, 7) is 6.47. The molecule has 4 nitrogen and oxygen atoms in total. The van der Waals surface area contributed by atoms with Gasteiger partial charge in [-0.3, -0.25) is 0 Å². The molecule has 1 N–H and O–H groups in total. The zero-order valence-corrected chi connectivity index (χ0v) is 11.0. The highest BCUT2D eigenvalue weighted by molar-refractivity contribution is 5.08. The largest absolute Gasteiger partial charge is 0.339 e. The highest BCUT2D eigenvalue weighted by Gasteiger charge is 2.37. The second-order valence-electron chi connectivity index (χ2n) is 5.03. The van der Waals surface area contributed by atoms with E-state index in [9.17, 15) is 0 Å². The molecule has 0 aliphatic carbocycles. The molecule has 1 saturated heterocycles. The maximum atomic E-state index is 5.49. The number of unbranched alkanes of at least 4 members (excludes halogenated alkanes) is 1. The summed E-state index contributed by atoms with van der Waals surface area (Å²) in [7, 11) is 0. The Labute approximate surface area is 103 Å². The summed E-state index contributed by atoms with van der Waals surface area (Å²) in [5.74, 6) is 1.72. The smallest absolute Gasteiger partial charge is 0.234 e. The van der Waals surface area contributed by atoms with Crippen LogP contribution in [0.15, 0.2) is 4.52 Å². The van der Waals surface area contributed by atoms with Gasteiger partial charge in [-0.25, -0.2) is 0 Å². The zero-order valence-electron chi connectivity index (χ0n) is 11.0. The van der Waals surface area contributed by atoms with Crippen LogP contribution in [0.3, 0.4) is 0 Å². The van der Waals surface area contributed by atoms with Crippen molar-refractivity contribution in [3.8, 4) is 0 Å². The monoisotopic (exact) mass is 237 g/mol. The summed E-state index contributed by atoms with van der Waals surface area (Å²) in [6, 6.07) is 0. The highest BCUT2D eigenvalue weighted by Crippen LogP contribution is 2.33. The zero-order chi connectivity index (χ0) is 12.1. The summed E-state index contributed by atoms with van der Waals surface area (Å²) in [4.78, 5) is 4.60. The van der Waals surface area contributed by atoms with E-state index < -0.39 is 0 Å². The van der Waals surface area contributed by atoms with E-state index in [4.69, 9.17) is 4.52 Å². The van der Waals surface area contributed by atoms with Crippen molar-refractivity contribution >= 4 is 0 Å². The predicted molar refractivity (Wildman–Crippen MR) is 67.0 cm³/mol. The molecule has 0 radical (unpaired) electrons. The lowest BCUT2D eigenvalue weighted by Gasteiger charge is -2.33. The fourth-order valence-corrected chi connectivity index (χ4v) is 2.51. The van der Waals surface area contributed by atoms with Gasteiger partial charge < -0.3 is 9.84 Å². The first-order chi connectivity index (χ1) is 8.30. The second-order valence-corrected chi connectivity index (χ2v) is 5.03. The Morgan fingerprint density at radius 3 is 2.94 bits per heavy atom. The summed E-state index contributed by atoms with van der Waals surface area (Å²) in [5.41, 5.74) is 0.0791. The van der Waals surface area contributed by atoms with Crippen molar-refractivity contribution in [2.24, 2.45) is 0 Å². The molecule has 1 aliphatic heterocycles. The molecular weight excluding hydrogens is 214 g/mol. The summed E-state index contributed by atoms with van der Waals surface area (Å²) in [5, 5.41) is 7.56. The van der Waals surface area contributed by atoms with Crippen molar-refractivity contribution in [2.45, 2.75) is 57.8 Å². The first kappa shape index (κ1) is 12.6. The molecular formula is C13H23N3O. The molecule has 1 unspecified atom stereocenters. The normalized spacial score (nSPS) is 25.1. The van der Waals surface area contributed by atoms with Gasteiger partial charge in [-0.2, -0.15) is 4.98 Å². The van der Waals surface area contributed by atoms with Crippen LogP contribution in [0.4, 0.5) is 0 Å². The maximum Gasteiger partial charge on any atom is 0.234 e. The molecule has 0 saturated carbocycles. The van der Waals surface area contributed by atoms with E-state index in [-0.39, 0.29) is 5.41 Å². The van der Waals surface area contributed by atoms with Crippen molar-refractivity contribution in [1.82, 2.24) is 15.5 Å². The van der Waals surface area contributed by atoms with E-state index in [0.29, 0.717) is 0 Å². The number of nitrogens with zero attached hydrogens (tertiary/aromatic N) is 2. The van der Waals surface area contributed by atoms with Crippen molar-refractivity contribution in [3.63, 3.8) is 0 Å². The molecule has 1 atom stereocenters. The van der Waals surface area contributed by atoms with Crippen LogP contribution in [0.1, 0.15) is 57.7 Å². The fraction of sp³-hybridized carbons (Fsp3) is 0.846. The summed E-state index contributed by atoms with van der Waals surface area (Å²) < 4.78 is 5.49. The number of piperidine rings is 1. The van der Waals surface area contributed by atoms with Crippen molar-refractivity contribution in [1.29, 1.82) is 0 Å². The Hall–Kier alpha value is -0.900. The average Bonchev–Trinajstić information content (AvgIpc) is 2.86. The maximum absolute atomic E-state index is 5.49. The Morgan fingerprint density at radius 2 is 2.29 bits per heavy atom. The van der Waals surface area contributed by atoms with Crippen molar-refractivity contribution in [2.75, 3.05) is 13.1 Å². The SMILES string of the molecule is CCCCc1noc(C2(CC)CCCNC2)n1. The predicted octanol–water partition coefficient (Wildman–Crippen LogP) is 2.44. The molecule has 1 aromatic rings. The minimum absolute atomic E-state index is 0.0791. The molecule has 0 spiro atoms. The van der Waals surface area contributed by atoms with Crippen LogP contribution in [0, 0.1) is 0 Å². The Balaban J connectivity index is 2.10. The highest BCUT2D eigenvalue weighted by atomic mass is 16.5. The van der Waals surface area contributed by atoms with Gasteiger partial charge >= 0.3 is 0 Å². The first-order valence-corrected chi connectivity index (χ1v) is 6.84. The Morgan fingerprint density at radius 1 is 1.41 bits per heavy atom. The molecule has 96 valence electrons. The lowest BCUT2D eigenvalue weighted by Crippen LogP contribution is -2.43. The third-order valence-corrected chi connectivity index (χ3v) is 3.82. The van der Waals surface area contributed by atoms with E-state index in [2.05, 4.69) is 29.3 Å². The quantitative estimate of drug-likeness (QED) is 0.854. The summed E-state index contributed by atoms with van der Waals surface area (Å²) >= 11 is 0. The van der Waals surface area contributed by atoms with Crippen molar-refractivity contribution < 1.29 is 4.52 Å². The third kappa shape index (κ3) is 2.68. The molecule has 1 aliphatic rings. The third-order valence-electron chi connectivity index (χ3n) is 3.82. The standard InChI is InChI=1S/C13H23N3O/c1-3-5-7-11-15-12(17-16-11)13(4-2)8-6-9-14-10-13/h14H,3-10H2,1-2H3. The number of rotatable bonds is 5. The minimum atomic E-state index is 0.0791. The lowest BCUT2D eigenvalue weighted by atomic mass is 9.78. The van der Waals surface area contributed by atoms with Crippen LogP contribution in [0.25, 0.3) is 0 Å². The second kappa shape index (κ2) is 5.63. The van der Waals surface area contributed by atoms with Gasteiger partial charge in [-0.05, 0) is 32.2 Å². The molecule has 0 bridgehead atoms. The number of aromatic nitrogens is 2. The molecule has 2 rings (SSSR count). The number of nitrogens with one attached hydrogen (secondary N) is 1. The molecule has 4 heteroatoms. The molecule has 2 heterocycles. The van der Waals surface area contributed by atoms with Gasteiger partial charge in [0, 0.05) is 13.0 Å². The van der Waals surface area contributed by atoms with Gasteiger partial charge in [0.05, 0.1) is 5.41 Å². The van der Waals surface area contributed by atoms with Crippen LogP contribution in [0.5, 0.6) is 0 Å². The lowest BCUT2D eigenvalue weighted by molar-refractivity contribution is 0.220.